The number of hydrogen-bond donors (Lipinski definition) is 1. The Morgan fingerprint density at radius 3 is 2.58 bits per heavy atom. The molecular formula is C20H25F2N7O3S. The molecule has 0 unspecified atom stereocenters. The number of nitrogens with zero attached hydrogens (tertiary/aromatic N) is 6. The highest BCUT2D eigenvalue weighted by molar-refractivity contribution is 7.89. The molecule has 3 heterocycles. The first-order valence-electron chi connectivity index (χ1n) is 10.5. The molecule has 13 heteroatoms. The molecule has 2 aromatic rings. The predicted molar refractivity (Wildman–Crippen MR) is 113 cm³/mol. The zero-order chi connectivity index (χ0) is 23.9. The molecule has 10 nitrogen and oxygen atoms in total. The van der Waals surface area contributed by atoms with Crippen molar-refractivity contribution in [3.8, 4) is 11.9 Å². The van der Waals surface area contributed by atoms with E-state index in [4.69, 9.17) is 4.74 Å². The van der Waals surface area contributed by atoms with Crippen molar-refractivity contribution in [3.05, 3.63) is 24.2 Å². The molecule has 0 spiro atoms. The number of aromatic nitrogens is 4. The first-order valence-corrected chi connectivity index (χ1v) is 12.0. The summed E-state index contributed by atoms with van der Waals surface area (Å²) in [7, 11) is -1.94. The second-order valence-corrected chi connectivity index (χ2v) is 10.9. The SMILES string of the molecule is Cn1cc(S(=O)(=O)N2CCC(Nc3ncc(C#N)c(OCC4(C)CC(F)(F)C4)n3)CC2)cn1. The maximum Gasteiger partial charge on any atom is 0.249 e. The van der Waals surface area contributed by atoms with Gasteiger partial charge in [-0.15, -0.1) is 0 Å². The molecule has 0 aromatic carbocycles. The van der Waals surface area contributed by atoms with E-state index in [0.717, 1.165) is 0 Å². The summed E-state index contributed by atoms with van der Waals surface area (Å²) in [6.07, 6.45) is 4.66. The lowest BCUT2D eigenvalue weighted by molar-refractivity contribution is -0.165. The molecule has 178 valence electrons. The van der Waals surface area contributed by atoms with Crippen LogP contribution in [-0.4, -0.2) is 64.1 Å². The van der Waals surface area contributed by atoms with E-state index < -0.39 is 21.4 Å². The molecule has 1 N–H and O–H groups in total. The van der Waals surface area contributed by atoms with Crippen molar-refractivity contribution >= 4 is 16.0 Å². The normalized spacial score (nSPS) is 20.6. The van der Waals surface area contributed by atoms with E-state index in [2.05, 4.69) is 20.4 Å². The van der Waals surface area contributed by atoms with Crippen LogP contribution in [-0.2, 0) is 17.1 Å². The Kier molecular flexibility index (Phi) is 6.00. The number of alkyl halides is 2. The lowest BCUT2D eigenvalue weighted by Crippen LogP contribution is -2.47. The van der Waals surface area contributed by atoms with Crippen LogP contribution in [0.2, 0.25) is 0 Å². The van der Waals surface area contributed by atoms with Crippen LogP contribution in [0.1, 0.15) is 38.2 Å². The molecule has 1 saturated heterocycles. The molecule has 2 aromatic heterocycles. The number of sulfonamides is 1. The maximum atomic E-state index is 13.2. The third-order valence-electron chi connectivity index (χ3n) is 5.91. The Labute approximate surface area is 190 Å². The summed E-state index contributed by atoms with van der Waals surface area (Å²) < 4.78 is 60.4. The van der Waals surface area contributed by atoms with Gasteiger partial charge in [-0.3, -0.25) is 4.68 Å². The van der Waals surface area contributed by atoms with Crippen molar-refractivity contribution in [2.24, 2.45) is 12.5 Å². The van der Waals surface area contributed by atoms with Crippen LogP contribution in [0.5, 0.6) is 5.88 Å². The first kappa shape index (κ1) is 23.3. The van der Waals surface area contributed by atoms with E-state index in [-0.39, 0.29) is 47.8 Å². The number of rotatable bonds is 7. The number of nitriles is 1. The Bertz CT molecular complexity index is 1160. The summed E-state index contributed by atoms with van der Waals surface area (Å²) in [6.45, 7) is 2.38. The van der Waals surface area contributed by atoms with Gasteiger partial charge in [0.25, 0.3) is 0 Å². The van der Waals surface area contributed by atoms with Crippen LogP contribution in [0.25, 0.3) is 0 Å². The molecule has 1 saturated carbocycles. The van der Waals surface area contributed by atoms with E-state index in [9.17, 15) is 22.5 Å². The van der Waals surface area contributed by atoms with Crippen molar-refractivity contribution in [3.63, 3.8) is 0 Å². The highest BCUT2D eigenvalue weighted by Crippen LogP contribution is 2.51. The van der Waals surface area contributed by atoms with Gasteiger partial charge in [0.1, 0.15) is 16.5 Å². The minimum absolute atomic E-state index is 0.0261. The van der Waals surface area contributed by atoms with Crippen molar-refractivity contribution in [1.82, 2.24) is 24.1 Å². The number of ether oxygens (including phenoxy) is 1. The smallest absolute Gasteiger partial charge is 0.249 e. The van der Waals surface area contributed by atoms with Crippen LogP contribution in [0.3, 0.4) is 0 Å². The van der Waals surface area contributed by atoms with Gasteiger partial charge in [-0.05, 0) is 12.8 Å². The van der Waals surface area contributed by atoms with Crippen molar-refractivity contribution in [2.45, 2.75) is 49.5 Å². The molecule has 1 aliphatic heterocycles. The number of aryl methyl sites for hydroxylation is 1. The number of nitrogens with one attached hydrogen (secondary N) is 1. The topological polar surface area (TPSA) is 126 Å². The molecule has 0 amide bonds. The lowest BCUT2D eigenvalue weighted by Gasteiger charge is -2.44. The minimum atomic E-state index is -3.60. The molecule has 0 radical (unpaired) electrons. The summed E-state index contributed by atoms with van der Waals surface area (Å²) >= 11 is 0. The molecule has 0 bridgehead atoms. The van der Waals surface area contributed by atoms with Gasteiger partial charge in [0.2, 0.25) is 27.8 Å². The second-order valence-electron chi connectivity index (χ2n) is 9.01. The average Bonchev–Trinajstić information content (AvgIpc) is 3.19. The summed E-state index contributed by atoms with van der Waals surface area (Å²) in [4.78, 5) is 8.55. The Morgan fingerprint density at radius 1 is 1.30 bits per heavy atom. The number of hydrogen-bond acceptors (Lipinski definition) is 8. The predicted octanol–water partition coefficient (Wildman–Crippen LogP) is 2.16. The monoisotopic (exact) mass is 481 g/mol. The lowest BCUT2D eigenvalue weighted by atomic mass is 9.68. The van der Waals surface area contributed by atoms with E-state index >= 15 is 0 Å². The van der Waals surface area contributed by atoms with Gasteiger partial charge in [-0.2, -0.15) is 19.6 Å². The summed E-state index contributed by atoms with van der Waals surface area (Å²) in [5.74, 6) is -2.39. The molecular weight excluding hydrogens is 456 g/mol. The Balaban J connectivity index is 1.36. The fourth-order valence-corrected chi connectivity index (χ4v) is 5.72. The van der Waals surface area contributed by atoms with Gasteiger partial charge >= 0.3 is 0 Å². The van der Waals surface area contributed by atoms with Gasteiger partial charge in [0.05, 0.1) is 19.0 Å². The number of anilines is 1. The third kappa shape index (κ3) is 5.06. The van der Waals surface area contributed by atoms with Crippen LogP contribution >= 0.6 is 0 Å². The zero-order valence-electron chi connectivity index (χ0n) is 18.3. The average molecular weight is 482 g/mol. The van der Waals surface area contributed by atoms with Crippen molar-refractivity contribution < 1.29 is 21.9 Å². The molecule has 1 aliphatic carbocycles. The second kappa shape index (κ2) is 8.49. The highest BCUT2D eigenvalue weighted by Gasteiger charge is 2.54. The van der Waals surface area contributed by atoms with Crippen LogP contribution < -0.4 is 10.1 Å². The first-order chi connectivity index (χ1) is 15.5. The van der Waals surface area contributed by atoms with Gasteiger partial charge < -0.3 is 10.1 Å². The molecule has 0 atom stereocenters. The van der Waals surface area contributed by atoms with E-state index in [1.54, 1.807) is 14.0 Å². The van der Waals surface area contributed by atoms with E-state index in [0.29, 0.717) is 25.9 Å². The van der Waals surface area contributed by atoms with Gasteiger partial charge in [-0.1, -0.05) is 6.92 Å². The highest BCUT2D eigenvalue weighted by atomic mass is 32.2. The summed E-state index contributed by atoms with van der Waals surface area (Å²) in [6, 6.07) is 1.87. The molecule has 33 heavy (non-hydrogen) atoms. The van der Waals surface area contributed by atoms with Crippen molar-refractivity contribution in [2.75, 3.05) is 25.0 Å². The molecule has 4 rings (SSSR count). The largest absolute Gasteiger partial charge is 0.476 e. The Hall–Kier alpha value is -2.85. The molecule has 2 aliphatic rings. The fraction of sp³-hybridized carbons (Fsp3) is 0.600. The van der Waals surface area contributed by atoms with E-state index in [1.165, 1.54) is 27.6 Å². The van der Waals surface area contributed by atoms with Crippen LogP contribution in [0.4, 0.5) is 14.7 Å². The maximum absolute atomic E-state index is 13.2. The number of halogens is 2. The minimum Gasteiger partial charge on any atom is -0.476 e. The van der Waals surface area contributed by atoms with Crippen LogP contribution in [0, 0.1) is 16.7 Å². The van der Waals surface area contributed by atoms with E-state index in [1.807, 2.05) is 6.07 Å². The summed E-state index contributed by atoms with van der Waals surface area (Å²) in [5, 5.41) is 16.4. The summed E-state index contributed by atoms with van der Waals surface area (Å²) in [5.41, 5.74) is -0.547. The zero-order valence-corrected chi connectivity index (χ0v) is 19.1. The standard InChI is InChI=1S/C20H25F2N7O3S/c1-19(11-20(21,22)12-19)13-32-17-14(7-23)8-24-18(27-17)26-15-3-5-29(6-4-15)33(30,31)16-9-25-28(2)10-16/h8-10,15H,3-6,11-13H2,1-2H3,(H,24,26,27). The molecule has 2 fully saturated rings. The third-order valence-corrected chi connectivity index (χ3v) is 7.76. The van der Waals surface area contributed by atoms with Crippen LogP contribution in [0.15, 0.2) is 23.5 Å². The van der Waals surface area contributed by atoms with Gasteiger partial charge in [0.15, 0.2) is 0 Å². The number of piperidine rings is 1. The quantitative estimate of drug-likeness (QED) is 0.638. The Morgan fingerprint density at radius 2 is 2.00 bits per heavy atom. The van der Waals surface area contributed by atoms with Gasteiger partial charge in [-0.25, -0.2) is 22.2 Å². The van der Waals surface area contributed by atoms with Gasteiger partial charge in [0, 0.05) is 50.6 Å². The fourth-order valence-electron chi connectivity index (χ4n) is 4.27. The van der Waals surface area contributed by atoms with Crippen molar-refractivity contribution in [1.29, 1.82) is 5.26 Å².